The van der Waals surface area contributed by atoms with Crippen LogP contribution in [0.4, 0.5) is 5.82 Å². The maximum Gasteiger partial charge on any atom is 0.273 e. The number of nitrogens with zero attached hydrogens (tertiary/aromatic N) is 2. The summed E-state index contributed by atoms with van der Waals surface area (Å²) in [4.78, 5) is 16.3. The van der Waals surface area contributed by atoms with Crippen LogP contribution in [0.2, 0.25) is 5.02 Å². The molecule has 0 aromatic carbocycles. The van der Waals surface area contributed by atoms with E-state index in [9.17, 15) is 4.79 Å². The molecule has 1 aliphatic rings. The average molecular weight is 341 g/mol. The van der Waals surface area contributed by atoms with Gasteiger partial charge in [0.05, 0.1) is 5.02 Å². The van der Waals surface area contributed by atoms with Gasteiger partial charge in [0.2, 0.25) is 0 Å². The lowest BCUT2D eigenvalue weighted by Gasteiger charge is -2.08. The van der Waals surface area contributed by atoms with Gasteiger partial charge in [0.1, 0.15) is 11.5 Å². The van der Waals surface area contributed by atoms with E-state index in [1.807, 2.05) is 16.8 Å². The number of rotatable bonds is 3. The molecule has 0 bridgehead atoms. The Balaban J connectivity index is 1.82. The molecule has 6 heteroatoms. The molecule has 98 valence electrons. The summed E-state index contributed by atoms with van der Waals surface area (Å²) in [5.41, 5.74) is 0.645. The lowest BCUT2D eigenvalue weighted by Crippen LogP contribution is -2.16. The predicted molar refractivity (Wildman–Crippen MR) is 77.6 cm³/mol. The van der Waals surface area contributed by atoms with Gasteiger partial charge in [0.15, 0.2) is 0 Å². The summed E-state index contributed by atoms with van der Waals surface area (Å²) in [5.74, 6) is 0.335. The first-order valence-corrected chi connectivity index (χ1v) is 7.11. The van der Waals surface area contributed by atoms with Gasteiger partial charge in [0.25, 0.3) is 5.91 Å². The van der Waals surface area contributed by atoms with Crippen molar-refractivity contribution >= 4 is 39.3 Å². The van der Waals surface area contributed by atoms with E-state index in [0.717, 1.165) is 17.3 Å². The number of carbonyl (C=O) groups is 1. The highest BCUT2D eigenvalue weighted by Gasteiger charge is 2.27. The molecular formula is C13H11BrClN3O. The van der Waals surface area contributed by atoms with Crippen LogP contribution in [0.3, 0.4) is 0 Å². The summed E-state index contributed by atoms with van der Waals surface area (Å²) in [7, 11) is 0. The molecule has 2 aromatic heterocycles. The van der Waals surface area contributed by atoms with Crippen LogP contribution in [-0.4, -0.2) is 15.5 Å². The Bertz CT molecular complexity index is 619. The van der Waals surface area contributed by atoms with Gasteiger partial charge in [0, 0.05) is 22.9 Å². The quantitative estimate of drug-likeness (QED) is 0.921. The Morgan fingerprint density at radius 3 is 2.89 bits per heavy atom. The van der Waals surface area contributed by atoms with Crippen molar-refractivity contribution in [2.75, 3.05) is 5.32 Å². The molecule has 1 amide bonds. The highest BCUT2D eigenvalue weighted by atomic mass is 79.9. The minimum absolute atomic E-state index is 0.160. The topological polar surface area (TPSA) is 46.9 Å². The third-order valence-corrected chi connectivity index (χ3v) is 3.61. The van der Waals surface area contributed by atoms with Crippen LogP contribution < -0.4 is 5.32 Å². The highest BCUT2D eigenvalue weighted by molar-refractivity contribution is 9.10. The van der Waals surface area contributed by atoms with Crippen molar-refractivity contribution in [3.8, 4) is 0 Å². The zero-order valence-electron chi connectivity index (χ0n) is 9.94. The van der Waals surface area contributed by atoms with Crippen molar-refractivity contribution < 1.29 is 4.79 Å². The molecule has 1 fully saturated rings. The molecule has 1 aliphatic carbocycles. The van der Waals surface area contributed by atoms with Gasteiger partial charge in [-0.05, 0) is 47.0 Å². The maximum atomic E-state index is 12.2. The fourth-order valence-corrected chi connectivity index (χ4v) is 2.46. The van der Waals surface area contributed by atoms with Crippen LogP contribution in [-0.2, 0) is 0 Å². The number of nitrogens with one attached hydrogen (secondary N) is 1. The van der Waals surface area contributed by atoms with Crippen molar-refractivity contribution in [2.24, 2.45) is 0 Å². The molecule has 0 aliphatic heterocycles. The third-order valence-electron chi connectivity index (χ3n) is 2.96. The van der Waals surface area contributed by atoms with Gasteiger partial charge in [-0.2, -0.15) is 0 Å². The van der Waals surface area contributed by atoms with E-state index in [1.54, 1.807) is 12.1 Å². The SMILES string of the molecule is O=C(Nc1ccc(Cl)cn1)c1cc(Br)cn1C1CC1. The third kappa shape index (κ3) is 2.82. The summed E-state index contributed by atoms with van der Waals surface area (Å²) >= 11 is 9.17. The summed E-state index contributed by atoms with van der Waals surface area (Å²) < 4.78 is 2.92. The maximum absolute atomic E-state index is 12.2. The van der Waals surface area contributed by atoms with Crippen molar-refractivity contribution in [3.63, 3.8) is 0 Å². The normalized spacial score (nSPS) is 14.4. The van der Waals surface area contributed by atoms with E-state index in [-0.39, 0.29) is 5.91 Å². The smallest absolute Gasteiger partial charge is 0.273 e. The molecular weight excluding hydrogens is 330 g/mol. The Kier molecular flexibility index (Phi) is 3.33. The molecule has 0 radical (unpaired) electrons. The van der Waals surface area contributed by atoms with E-state index >= 15 is 0 Å². The highest BCUT2D eigenvalue weighted by Crippen LogP contribution is 2.37. The molecule has 2 aromatic rings. The van der Waals surface area contributed by atoms with Gasteiger partial charge in [-0.1, -0.05) is 11.6 Å². The van der Waals surface area contributed by atoms with Crippen molar-refractivity contribution in [2.45, 2.75) is 18.9 Å². The van der Waals surface area contributed by atoms with Crippen LogP contribution in [0.1, 0.15) is 29.4 Å². The van der Waals surface area contributed by atoms with E-state index in [0.29, 0.717) is 22.6 Å². The van der Waals surface area contributed by atoms with E-state index < -0.39 is 0 Å². The number of pyridine rings is 1. The Morgan fingerprint density at radius 1 is 1.47 bits per heavy atom. The molecule has 1 saturated carbocycles. The average Bonchev–Trinajstić information content (AvgIpc) is 3.15. The summed E-state index contributed by atoms with van der Waals surface area (Å²) in [5, 5.41) is 3.32. The first-order valence-electron chi connectivity index (χ1n) is 5.94. The molecule has 0 spiro atoms. The van der Waals surface area contributed by atoms with Gasteiger partial charge in [-0.3, -0.25) is 4.79 Å². The minimum atomic E-state index is -0.160. The van der Waals surface area contributed by atoms with Crippen LogP contribution in [0.15, 0.2) is 35.1 Å². The number of anilines is 1. The lowest BCUT2D eigenvalue weighted by atomic mass is 10.3. The first-order chi connectivity index (χ1) is 9.13. The molecule has 3 rings (SSSR count). The molecule has 4 nitrogen and oxygen atoms in total. The zero-order chi connectivity index (χ0) is 13.4. The fraction of sp³-hybridized carbons (Fsp3) is 0.231. The monoisotopic (exact) mass is 339 g/mol. The number of aromatic nitrogens is 2. The van der Waals surface area contributed by atoms with Crippen molar-refractivity contribution in [1.82, 2.24) is 9.55 Å². The first kappa shape index (κ1) is 12.7. The zero-order valence-corrected chi connectivity index (χ0v) is 12.3. The van der Waals surface area contributed by atoms with E-state index in [4.69, 9.17) is 11.6 Å². The van der Waals surface area contributed by atoms with Crippen molar-refractivity contribution in [1.29, 1.82) is 0 Å². The van der Waals surface area contributed by atoms with Crippen LogP contribution in [0, 0.1) is 0 Å². The van der Waals surface area contributed by atoms with Gasteiger partial charge in [-0.15, -0.1) is 0 Å². The second-order valence-corrected chi connectivity index (χ2v) is 5.85. The predicted octanol–water partition coefficient (Wildman–Crippen LogP) is 3.89. The second kappa shape index (κ2) is 4.98. The summed E-state index contributed by atoms with van der Waals surface area (Å²) in [6.45, 7) is 0. The van der Waals surface area contributed by atoms with Crippen LogP contribution in [0.25, 0.3) is 0 Å². The number of hydrogen-bond donors (Lipinski definition) is 1. The summed E-state index contributed by atoms with van der Waals surface area (Å²) in [6.07, 6.45) is 5.70. The lowest BCUT2D eigenvalue weighted by molar-refractivity contribution is 0.101. The largest absolute Gasteiger partial charge is 0.339 e. The Hall–Kier alpha value is -1.33. The van der Waals surface area contributed by atoms with E-state index in [2.05, 4.69) is 26.2 Å². The van der Waals surface area contributed by atoms with Crippen LogP contribution in [0.5, 0.6) is 0 Å². The molecule has 0 unspecified atom stereocenters. The molecule has 0 atom stereocenters. The van der Waals surface area contributed by atoms with Gasteiger partial charge in [-0.25, -0.2) is 4.98 Å². The van der Waals surface area contributed by atoms with Crippen LogP contribution >= 0.6 is 27.5 Å². The number of carbonyl (C=O) groups excluding carboxylic acids is 1. The Labute approximate surface area is 123 Å². The standard InChI is InChI=1S/C13H11BrClN3O/c14-8-5-11(18(7-8)10-2-3-10)13(19)17-12-4-1-9(15)6-16-12/h1,4-7,10H,2-3H2,(H,16,17,19). The van der Waals surface area contributed by atoms with Gasteiger partial charge < -0.3 is 9.88 Å². The van der Waals surface area contributed by atoms with Gasteiger partial charge >= 0.3 is 0 Å². The Morgan fingerprint density at radius 2 is 2.26 bits per heavy atom. The number of halogens is 2. The molecule has 19 heavy (non-hydrogen) atoms. The van der Waals surface area contributed by atoms with E-state index in [1.165, 1.54) is 6.20 Å². The summed E-state index contributed by atoms with van der Waals surface area (Å²) in [6, 6.07) is 5.65. The minimum Gasteiger partial charge on any atom is -0.339 e. The molecule has 1 N–H and O–H groups in total. The fourth-order valence-electron chi connectivity index (χ4n) is 1.91. The second-order valence-electron chi connectivity index (χ2n) is 4.50. The molecule has 2 heterocycles. The number of amides is 1. The van der Waals surface area contributed by atoms with Crippen molar-refractivity contribution in [3.05, 3.63) is 45.8 Å². The number of hydrogen-bond acceptors (Lipinski definition) is 2. The molecule has 0 saturated heterocycles.